The Morgan fingerprint density at radius 1 is 1.17 bits per heavy atom. The lowest BCUT2D eigenvalue weighted by Gasteiger charge is -2.06. The molecule has 0 atom stereocenters. The van der Waals surface area contributed by atoms with Crippen molar-refractivity contribution >= 4 is 23.3 Å². The van der Waals surface area contributed by atoms with Crippen molar-refractivity contribution in [1.82, 2.24) is 25.1 Å². The van der Waals surface area contributed by atoms with Crippen molar-refractivity contribution in [2.75, 3.05) is 6.54 Å². The highest BCUT2D eigenvalue weighted by Crippen LogP contribution is 2.20. The standard InChI is InChI=1S/C17H19N5OS/c1-12(2)24-16-9-8-14-19-20-15(22(14)21-16)10-11-18-17(23)13-6-4-3-5-7-13/h3-9,12H,10-11H2,1-2H3,(H,18,23). The molecule has 3 rings (SSSR count). The number of thioether (sulfide) groups is 1. The number of amides is 1. The van der Waals surface area contributed by atoms with Crippen LogP contribution in [0.25, 0.3) is 5.65 Å². The van der Waals surface area contributed by atoms with Crippen molar-refractivity contribution in [3.8, 4) is 0 Å². The molecule has 0 spiro atoms. The van der Waals surface area contributed by atoms with Crippen LogP contribution in [-0.2, 0) is 6.42 Å². The summed E-state index contributed by atoms with van der Waals surface area (Å²) in [6.45, 7) is 4.74. The van der Waals surface area contributed by atoms with Crippen LogP contribution in [0.1, 0.15) is 30.0 Å². The Hall–Kier alpha value is -2.41. The molecule has 2 aromatic heterocycles. The monoisotopic (exact) mass is 341 g/mol. The molecule has 1 N–H and O–H groups in total. The second-order valence-electron chi connectivity index (χ2n) is 5.60. The quantitative estimate of drug-likeness (QED) is 0.698. The van der Waals surface area contributed by atoms with Crippen molar-refractivity contribution in [3.05, 3.63) is 53.9 Å². The van der Waals surface area contributed by atoms with Gasteiger partial charge in [0.25, 0.3) is 5.91 Å². The van der Waals surface area contributed by atoms with Gasteiger partial charge in [0.05, 0.1) is 0 Å². The maximum atomic E-state index is 12.0. The van der Waals surface area contributed by atoms with E-state index in [2.05, 4.69) is 34.5 Å². The Labute approximate surface area is 144 Å². The molecular weight excluding hydrogens is 322 g/mol. The number of rotatable bonds is 6. The van der Waals surface area contributed by atoms with Crippen LogP contribution < -0.4 is 5.32 Å². The predicted molar refractivity (Wildman–Crippen MR) is 94.3 cm³/mol. The van der Waals surface area contributed by atoms with Crippen LogP contribution in [0, 0.1) is 0 Å². The zero-order valence-corrected chi connectivity index (χ0v) is 14.5. The average molecular weight is 341 g/mol. The zero-order chi connectivity index (χ0) is 16.9. The molecule has 0 bridgehead atoms. The van der Waals surface area contributed by atoms with Crippen LogP contribution in [0.2, 0.25) is 0 Å². The molecule has 0 aliphatic heterocycles. The first-order valence-electron chi connectivity index (χ1n) is 7.85. The Morgan fingerprint density at radius 2 is 1.96 bits per heavy atom. The van der Waals surface area contributed by atoms with Gasteiger partial charge in [-0.3, -0.25) is 4.79 Å². The molecule has 24 heavy (non-hydrogen) atoms. The molecule has 3 aromatic rings. The van der Waals surface area contributed by atoms with Crippen LogP contribution in [0.3, 0.4) is 0 Å². The van der Waals surface area contributed by atoms with Gasteiger partial charge in [-0.05, 0) is 24.3 Å². The largest absolute Gasteiger partial charge is 0.352 e. The van der Waals surface area contributed by atoms with Gasteiger partial charge in [0.1, 0.15) is 5.03 Å². The summed E-state index contributed by atoms with van der Waals surface area (Å²) in [5.41, 5.74) is 1.37. The van der Waals surface area contributed by atoms with Gasteiger partial charge in [-0.25, -0.2) is 0 Å². The minimum Gasteiger partial charge on any atom is -0.352 e. The molecule has 1 amide bonds. The van der Waals surface area contributed by atoms with Crippen LogP contribution in [0.5, 0.6) is 0 Å². The molecule has 2 heterocycles. The summed E-state index contributed by atoms with van der Waals surface area (Å²) >= 11 is 1.69. The van der Waals surface area contributed by atoms with Gasteiger partial charge in [-0.1, -0.05) is 32.0 Å². The molecule has 124 valence electrons. The van der Waals surface area contributed by atoms with Crippen LogP contribution >= 0.6 is 11.8 Å². The summed E-state index contributed by atoms with van der Waals surface area (Å²) < 4.78 is 1.75. The minimum atomic E-state index is -0.0894. The molecule has 0 radical (unpaired) electrons. The van der Waals surface area contributed by atoms with E-state index >= 15 is 0 Å². The molecule has 0 aliphatic carbocycles. The minimum absolute atomic E-state index is 0.0894. The van der Waals surface area contributed by atoms with Crippen molar-refractivity contribution in [2.45, 2.75) is 30.5 Å². The summed E-state index contributed by atoms with van der Waals surface area (Å²) in [4.78, 5) is 12.0. The summed E-state index contributed by atoms with van der Waals surface area (Å²) in [5, 5.41) is 17.2. The van der Waals surface area contributed by atoms with E-state index in [1.807, 2.05) is 30.3 Å². The third kappa shape index (κ3) is 3.91. The van der Waals surface area contributed by atoms with Crippen LogP contribution in [0.4, 0.5) is 0 Å². The van der Waals surface area contributed by atoms with E-state index in [4.69, 9.17) is 0 Å². The molecule has 6 nitrogen and oxygen atoms in total. The van der Waals surface area contributed by atoms with E-state index in [1.54, 1.807) is 28.4 Å². The van der Waals surface area contributed by atoms with Gasteiger partial charge in [-0.15, -0.1) is 22.0 Å². The summed E-state index contributed by atoms with van der Waals surface area (Å²) in [7, 11) is 0. The van der Waals surface area contributed by atoms with E-state index in [1.165, 1.54) is 0 Å². The Balaban J connectivity index is 1.65. The van der Waals surface area contributed by atoms with Crippen LogP contribution in [-0.4, -0.2) is 37.5 Å². The van der Waals surface area contributed by atoms with Crippen molar-refractivity contribution in [2.24, 2.45) is 0 Å². The summed E-state index contributed by atoms with van der Waals surface area (Å²) in [5.74, 6) is 0.651. The van der Waals surface area contributed by atoms with E-state index < -0.39 is 0 Å². The smallest absolute Gasteiger partial charge is 0.251 e. The third-order valence-corrected chi connectivity index (χ3v) is 4.26. The molecule has 0 unspecified atom stereocenters. The number of aromatic nitrogens is 4. The highest BCUT2D eigenvalue weighted by Gasteiger charge is 2.10. The molecular formula is C17H19N5OS. The fourth-order valence-corrected chi connectivity index (χ4v) is 3.01. The first-order chi connectivity index (χ1) is 11.6. The van der Waals surface area contributed by atoms with Gasteiger partial charge in [0.2, 0.25) is 0 Å². The number of fused-ring (bicyclic) bond motifs is 1. The first kappa shape index (κ1) is 16.4. The highest BCUT2D eigenvalue weighted by molar-refractivity contribution is 7.99. The number of hydrogen-bond donors (Lipinski definition) is 1. The summed E-state index contributed by atoms with van der Waals surface area (Å²) in [6.07, 6.45) is 0.572. The van der Waals surface area contributed by atoms with Crippen LogP contribution in [0.15, 0.2) is 47.5 Å². The van der Waals surface area contributed by atoms with Gasteiger partial charge < -0.3 is 5.32 Å². The second-order valence-corrected chi connectivity index (χ2v) is 7.19. The fraction of sp³-hybridized carbons (Fsp3) is 0.294. The lowest BCUT2D eigenvalue weighted by atomic mass is 10.2. The zero-order valence-electron chi connectivity index (χ0n) is 13.6. The van der Waals surface area contributed by atoms with Gasteiger partial charge in [0, 0.05) is 23.8 Å². The number of nitrogens with zero attached hydrogens (tertiary/aromatic N) is 4. The first-order valence-corrected chi connectivity index (χ1v) is 8.72. The maximum Gasteiger partial charge on any atom is 0.251 e. The SMILES string of the molecule is CC(C)Sc1ccc2nnc(CCNC(=O)c3ccccc3)n2n1. The number of carbonyl (C=O) groups is 1. The lowest BCUT2D eigenvalue weighted by molar-refractivity contribution is 0.0954. The Kier molecular flexibility index (Phi) is 5.10. The molecule has 1 aromatic carbocycles. The molecule has 0 saturated carbocycles. The second kappa shape index (κ2) is 7.44. The molecule has 0 aliphatic rings. The number of hydrogen-bond acceptors (Lipinski definition) is 5. The number of carbonyl (C=O) groups excluding carboxylic acids is 1. The number of benzene rings is 1. The lowest BCUT2D eigenvalue weighted by Crippen LogP contribution is -2.26. The highest BCUT2D eigenvalue weighted by atomic mass is 32.2. The van der Waals surface area contributed by atoms with E-state index in [-0.39, 0.29) is 5.91 Å². The van der Waals surface area contributed by atoms with E-state index in [0.29, 0.717) is 29.4 Å². The predicted octanol–water partition coefficient (Wildman–Crippen LogP) is 2.60. The van der Waals surface area contributed by atoms with Gasteiger partial charge in [-0.2, -0.15) is 9.61 Å². The van der Waals surface area contributed by atoms with Gasteiger partial charge in [0.15, 0.2) is 11.5 Å². The topological polar surface area (TPSA) is 72.2 Å². The third-order valence-electron chi connectivity index (χ3n) is 3.33. The maximum absolute atomic E-state index is 12.0. The summed E-state index contributed by atoms with van der Waals surface area (Å²) in [6, 6.07) is 13.0. The Bertz CT molecular complexity index is 831. The van der Waals surface area contributed by atoms with Crippen molar-refractivity contribution < 1.29 is 4.79 Å². The normalized spacial score (nSPS) is 11.1. The fourth-order valence-electron chi connectivity index (χ4n) is 2.26. The molecule has 0 saturated heterocycles. The number of nitrogens with one attached hydrogen (secondary N) is 1. The van der Waals surface area contributed by atoms with E-state index in [0.717, 1.165) is 10.9 Å². The Morgan fingerprint density at radius 3 is 2.71 bits per heavy atom. The average Bonchev–Trinajstić information content (AvgIpc) is 2.97. The van der Waals surface area contributed by atoms with Crippen molar-refractivity contribution in [1.29, 1.82) is 0 Å². The molecule has 7 heteroatoms. The van der Waals surface area contributed by atoms with Crippen molar-refractivity contribution in [3.63, 3.8) is 0 Å². The van der Waals surface area contributed by atoms with Gasteiger partial charge >= 0.3 is 0 Å². The molecule has 0 fully saturated rings. The van der Waals surface area contributed by atoms with E-state index in [9.17, 15) is 4.79 Å².